The fraction of sp³-hybridized carbons (Fsp3) is 0.133. The highest BCUT2D eigenvalue weighted by molar-refractivity contribution is 6.30. The molecule has 0 unspecified atom stereocenters. The Labute approximate surface area is 111 Å². The number of amidine groups is 1. The van der Waals surface area contributed by atoms with Crippen molar-refractivity contribution < 1.29 is 0 Å². The first-order valence-electron chi connectivity index (χ1n) is 5.98. The lowest BCUT2D eigenvalue weighted by Crippen LogP contribution is -2.19. The van der Waals surface area contributed by atoms with Crippen molar-refractivity contribution in [1.82, 2.24) is 5.32 Å². The molecule has 0 spiro atoms. The van der Waals surface area contributed by atoms with Gasteiger partial charge in [-0.05, 0) is 23.3 Å². The van der Waals surface area contributed by atoms with Gasteiger partial charge in [-0.15, -0.1) is 0 Å². The highest BCUT2D eigenvalue weighted by Gasteiger charge is 2.07. The second-order valence-corrected chi connectivity index (χ2v) is 4.68. The van der Waals surface area contributed by atoms with Crippen LogP contribution in [0.25, 0.3) is 11.1 Å². The van der Waals surface area contributed by atoms with Crippen LogP contribution in [0.2, 0.25) is 5.02 Å². The zero-order valence-electron chi connectivity index (χ0n) is 9.86. The maximum absolute atomic E-state index is 5.89. The third-order valence-electron chi connectivity index (χ3n) is 3.01. The third kappa shape index (κ3) is 2.24. The van der Waals surface area contributed by atoms with Gasteiger partial charge in [0.25, 0.3) is 0 Å². The molecule has 2 nitrogen and oxygen atoms in total. The fourth-order valence-electron chi connectivity index (χ4n) is 2.05. The van der Waals surface area contributed by atoms with Crippen LogP contribution in [0.3, 0.4) is 0 Å². The standard InChI is InChI=1S/C15H13ClN2/c16-14-7-5-12(6-8-14)11-1-3-13(4-2-11)15-17-9-10-18-15/h1-8H,9-10H2,(H,17,18). The van der Waals surface area contributed by atoms with Crippen LogP contribution in [-0.4, -0.2) is 18.9 Å². The maximum atomic E-state index is 5.89. The number of hydrogen-bond donors (Lipinski definition) is 1. The van der Waals surface area contributed by atoms with E-state index < -0.39 is 0 Å². The topological polar surface area (TPSA) is 24.4 Å². The largest absolute Gasteiger partial charge is 0.368 e. The molecule has 3 heteroatoms. The van der Waals surface area contributed by atoms with Crippen LogP contribution in [0.1, 0.15) is 5.56 Å². The van der Waals surface area contributed by atoms with Crippen LogP contribution >= 0.6 is 11.6 Å². The zero-order chi connectivity index (χ0) is 12.4. The summed E-state index contributed by atoms with van der Waals surface area (Å²) in [4.78, 5) is 4.41. The monoisotopic (exact) mass is 256 g/mol. The first-order valence-corrected chi connectivity index (χ1v) is 6.35. The van der Waals surface area contributed by atoms with Crippen LogP contribution in [0.5, 0.6) is 0 Å². The minimum Gasteiger partial charge on any atom is -0.368 e. The van der Waals surface area contributed by atoms with Crippen molar-refractivity contribution in [2.45, 2.75) is 0 Å². The Morgan fingerprint density at radius 3 is 1.94 bits per heavy atom. The molecule has 1 heterocycles. The molecule has 0 fully saturated rings. The molecule has 90 valence electrons. The minimum atomic E-state index is 0.764. The molecule has 0 bridgehead atoms. The molecule has 1 aliphatic rings. The molecule has 0 saturated carbocycles. The summed E-state index contributed by atoms with van der Waals surface area (Å²) in [7, 11) is 0. The van der Waals surface area contributed by atoms with Gasteiger partial charge in [-0.25, -0.2) is 0 Å². The lowest BCUT2D eigenvalue weighted by molar-refractivity contribution is 0.960. The number of hydrogen-bond acceptors (Lipinski definition) is 2. The molecule has 0 amide bonds. The Hall–Kier alpha value is -1.80. The van der Waals surface area contributed by atoms with Crippen LogP contribution in [0, 0.1) is 0 Å². The van der Waals surface area contributed by atoms with Crippen molar-refractivity contribution in [3.05, 3.63) is 59.1 Å². The van der Waals surface area contributed by atoms with Crippen molar-refractivity contribution >= 4 is 17.4 Å². The quantitative estimate of drug-likeness (QED) is 0.876. The number of benzene rings is 2. The van der Waals surface area contributed by atoms with Gasteiger partial charge in [-0.2, -0.15) is 0 Å². The molecule has 2 aromatic carbocycles. The first kappa shape index (κ1) is 11.3. The summed E-state index contributed by atoms with van der Waals surface area (Å²) >= 11 is 5.89. The van der Waals surface area contributed by atoms with Crippen LogP contribution in [0.4, 0.5) is 0 Å². The molecule has 2 aromatic rings. The zero-order valence-corrected chi connectivity index (χ0v) is 10.6. The highest BCUT2D eigenvalue weighted by atomic mass is 35.5. The van der Waals surface area contributed by atoms with E-state index in [9.17, 15) is 0 Å². The van der Waals surface area contributed by atoms with Crippen molar-refractivity contribution in [2.24, 2.45) is 4.99 Å². The molecule has 18 heavy (non-hydrogen) atoms. The predicted octanol–water partition coefficient (Wildman–Crippen LogP) is 3.36. The molecule has 0 atom stereocenters. The maximum Gasteiger partial charge on any atom is 0.128 e. The van der Waals surface area contributed by atoms with Gasteiger partial charge in [0.2, 0.25) is 0 Å². The van der Waals surface area contributed by atoms with E-state index >= 15 is 0 Å². The summed E-state index contributed by atoms with van der Waals surface area (Å²) in [5.74, 6) is 0.998. The smallest absolute Gasteiger partial charge is 0.128 e. The van der Waals surface area contributed by atoms with Crippen LogP contribution in [-0.2, 0) is 0 Å². The lowest BCUT2D eigenvalue weighted by atomic mass is 10.0. The molecule has 1 aliphatic heterocycles. The SMILES string of the molecule is Clc1ccc(-c2ccc(C3=NCCN3)cc2)cc1. The summed E-state index contributed by atoms with van der Waals surface area (Å²) in [6, 6.07) is 16.3. The van der Waals surface area contributed by atoms with Crippen LogP contribution < -0.4 is 5.32 Å². The van der Waals surface area contributed by atoms with Crippen LogP contribution in [0.15, 0.2) is 53.5 Å². The van der Waals surface area contributed by atoms with E-state index in [0.29, 0.717) is 0 Å². The summed E-state index contributed by atoms with van der Waals surface area (Å²) in [6.45, 7) is 1.81. The Balaban J connectivity index is 1.88. The summed E-state index contributed by atoms with van der Waals surface area (Å²) in [6.07, 6.45) is 0. The number of nitrogens with zero attached hydrogens (tertiary/aromatic N) is 1. The Morgan fingerprint density at radius 2 is 1.39 bits per heavy atom. The average molecular weight is 257 g/mol. The van der Waals surface area contributed by atoms with Crippen molar-refractivity contribution in [3.8, 4) is 11.1 Å². The molecular weight excluding hydrogens is 244 g/mol. The predicted molar refractivity (Wildman–Crippen MR) is 76.3 cm³/mol. The van der Waals surface area contributed by atoms with E-state index in [1.54, 1.807) is 0 Å². The van der Waals surface area contributed by atoms with E-state index in [1.165, 1.54) is 11.1 Å². The minimum absolute atomic E-state index is 0.764. The highest BCUT2D eigenvalue weighted by Crippen LogP contribution is 2.22. The molecule has 1 N–H and O–H groups in total. The van der Waals surface area contributed by atoms with Gasteiger partial charge < -0.3 is 5.32 Å². The molecule has 0 radical (unpaired) electrons. The fourth-order valence-corrected chi connectivity index (χ4v) is 2.18. The number of aliphatic imine (C=N–C) groups is 1. The van der Waals surface area contributed by atoms with Crippen molar-refractivity contribution in [3.63, 3.8) is 0 Å². The molecule has 0 saturated heterocycles. The van der Waals surface area contributed by atoms with E-state index in [0.717, 1.165) is 29.5 Å². The first-order chi connectivity index (χ1) is 8.83. The van der Waals surface area contributed by atoms with E-state index in [-0.39, 0.29) is 0 Å². The van der Waals surface area contributed by atoms with Gasteiger partial charge in [0, 0.05) is 17.1 Å². The van der Waals surface area contributed by atoms with E-state index in [2.05, 4.69) is 34.6 Å². The summed E-state index contributed by atoms with van der Waals surface area (Å²) in [5.41, 5.74) is 3.51. The number of halogens is 1. The van der Waals surface area contributed by atoms with E-state index in [4.69, 9.17) is 11.6 Å². The molecule has 3 rings (SSSR count). The summed E-state index contributed by atoms with van der Waals surface area (Å²) < 4.78 is 0. The second kappa shape index (κ2) is 4.83. The number of rotatable bonds is 2. The molecule has 0 aromatic heterocycles. The van der Waals surface area contributed by atoms with E-state index in [1.807, 2.05) is 24.3 Å². The van der Waals surface area contributed by atoms with Gasteiger partial charge in [0.15, 0.2) is 0 Å². The normalized spacial score (nSPS) is 14.2. The Kier molecular flexibility index (Phi) is 3.03. The van der Waals surface area contributed by atoms with Crippen molar-refractivity contribution in [2.75, 3.05) is 13.1 Å². The van der Waals surface area contributed by atoms with Gasteiger partial charge in [0.05, 0.1) is 6.54 Å². The molecule has 0 aliphatic carbocycles. The number of nitrogens with one attached hydrogen (secondary N) is 1. The van der Waals surface area contributed by atoms with Gasteiger partial charge >= 0.3 is 0 Å². The molecular formula is C15H13ClN2. The van der Waals surface area contributed by atoms with Gasteiger partial charge in [-0.1, -0.05) is 48.0 Å². The Morgan fingerprint density at radius 1 is 0.833 bits per heavy atom. The lowest BCUT2D eigenvalue weighted by Gasteiger charge is -2.05. The summed E-state index contributed by atoms with van der Waals surface area (Å²) in [5, 5.41) is 4.04. The van der Waals surface area contributed by atoms with Crippen molar-refractivity contribution in [1.29, 1.82) is 0 Å². The van der Waals surface area contributed by atoms with Gasteiger partial charge in [0.1, 0.15) is 5.84 Å². The second-order valence-electron chi connectivity index (χ2n) is 4.24. The Bertz CT molecular complexity index is 570. The third-order valence-corrected chi connectivity index (χ3v) is 3.26. The average Bonchev–Trinajstić information content (AvgIpc) is 2.94. The van der Waals surface area contributed by atoms with Gasteiger partial charge in [-0.3, -0.25) is 4.99 Å².